The van der Waals surface area contributed by atoms with Gasteiger partial charge < -0.3 is 20.0 Å². The highest BCUT2D eigenvalue weighted by molar-refractivity contribution is 6.00. The number of piperidine rings is 1. The SMILES string of the molecule is CN(C)CCN1CCN(C(=O)c2ccccc2N2CCC(NC(=O)C3CCCCC3)CC2)CC1. The molecule has 3 fully saturated rings. The molecule has 2 heterocycles. The molecule has 1 saturated carbocycles. The number of para-hydroxylation sites is 1. The molecule has 188 valence electrons. The van der Waals surface area contributed by atoms with Crippen LogP contribution in [-0.4, -0.2) is 99.0 Å². The van der Waals surface area contributed by atoms with Crippen molar-refractivity contribution in [1.29, 1.82) is 0 Å². The molecule has 2 saturated heterocycles. The lowest BCUT2D eigenvalue weighted by Gasteiger charge is -2.38. The van der Waals surface area contributed by atoms with E-state index in [9.17, 15) is 9.59 Å². The quantitative estimate of drug-likeness (QED) is 0.665. The number of nitrogens with one attached hydrogen (secondary N) is 1. The summed E-state index contributed by atoms with van der Waals surface area (Å²) in [6.45, 7) is 7.30. The largest absolute Gasteiger partial charge is 0.371 e. The molecule has 0 atom stereocenters. The lowest BCUT2D eigenvalue weighted by molar-refractivity contribution is -0.126. The Balaban J connectivity index is 1.30. The van der Waals surface area contributed by atoms with Gasteiger partial charge in [0.25, 0.3) is 5.91 Å². The van der Waals surface area contributed by atoms with Crippen molar-refractivity contribution in [3.05, 3.63) is 29.8 Å². The number of carbonyl (C=O) groups excluding carboxylic acids is 2. The van der Waals surface area contributed by atoms with Crippen molar-refractivity contribution in [2.45, 2.75) is 51.0 Å². The maximum atomic E-state index is 13.4. The van der Waals surface area contributed by atoms with E-state index in [1.54, 1.807) is 0 Å². The fourth-order valence-corrected chi connectivity index (χ4v) is 5.57. The summed E-state index contributed by atoms with van der Waals surface area (Å²) in [5.41, 5.74) is 1.86. The summed E-state index contributed by atoms with van der Waals surface area (Å²) in [4.78, 5) is 35.1. The Morgan fingerprint density at radius 1 is 0.912 bits per heavy atom. The molecular weight excluding hydrogens is 426 g/mol. The van der Waals surface area contributed by atoms with Crippen molar-refractivity contribution >= 4 is 17.5 Å². The number of carbonyl (C=O) groups is 2. The Kier molecular flexibility index (Phi) is 8.84. The molecule has 4 rings (SSSR count). The third-order valence-corrected chi connectivity index (χ3v) is 7.82. The van der Waals surface area contributed by atoms with E-state index in [-0.39, 0.29) is 23.8 Å². The maximum absolute atomic E-state index is 13.4. The summed E-state index contributed by atoms with van der Waals surface area (Å²) in [6, 6.07) is 8.32. The van der Waals surface area contributed by atoms with E-state index in [1.807, 2.05) is 23.1 Å². The molecule has 1 N–H and O–H groups in total. The molecular formula is C27H43N5O2. The van der Waals surface area contributed by atoms with Crippen LogP contribution in [0.5, 0.6) is 0 Å². The topological polar surface area (TPSA) is 59.1 Å². The number of anilines is 1. The van der Waals surface area contributed by atoms with Crippen LogP contribution in [0.25, 0.3) is 0 Å². The van der Waals surface area contributed by atoms with Crippen molar-refractivity contribution in [2.24, 2.45) is 5.92 Å². The zero-order valence-electron chi connectivity index (χ0n) is 21.2. The number of piperazine rings is 1. The monoisotopic (exact) mass is 469 g/mol. The average Bonchev–Trinajstić information content (AvgIpc) is 2.88. The molecule has 0 unspecified atom stereocenters. The van der Waals surface area contributed by atoms with Gasteiger partial charge in [-0.3, -0.25) is 14.5 Å². The zero-order chi connectivity index (χ0) is 23.9. The fourth-order valence-electron chi connectivity index (χ4n) is 5.57. The first-order valence-electron chi connectivity index (χ1n) is 13.3. The van der Waals surface area contributed by atoms with E-state index >= 15 is 0 Å². The third-order valence-electron chi connectivity index (χ3n) is 7.82. The van der Waals surface area contributed by atoms with Crippen LogP contribution in [0.1, 0.15) is 55.3 Å². The highest BCUT2D eigenvalue weighted by Crippen LogP contribution is 2.27. The van der Waals surface area contributed by atoms with E-state index in [0.29, 0.717) is 0 Å². The van der Waals surface area contributed by atoms with Crippen LogP contribution in [0.4, 0.5) is 5.69 Å². The number of benzene rings is 1. The third kappa shape index (κ3) is 6.51. The molecule has 1 aliphatic carbocycles. The van der Waals surface area contributed by atoms with Gasteiger partial charge in [0.15, 0.2) is 0 Å². The molecule has 0 spiro atoms. The second-order valence-corrected chi connectivity index (χ2v) is 10.6. The van der Waals surface area contributed by atoms with Gasteiger partial charge in [0, 0.05) is 70.0 Å². The van der Waals surface area contributed by atoms with Gasteiger partial charge in [0.2, 0.25) is 5.91 Å². The molecule has 1 aromatic carbocycles. The van der Waals surface area contributed by atoms with Crippen LogP contribution < -0.4 is 10.2 Å². The van der Waals surface area contributed by atoms with Gasteiger partial charge in [-0.2, -0.15) is 0 Å². The lowest BCUT2D eigenvalue weighted by Crippen LogP contribution is -2.50. The van der Waals surface area contributed by atoms with Crippen LogP contribution in [0, 0.1) is 5.92 Å². The Bertz CT molecular complexity index is 807. The number of nitrogens with zero attached hydrogens (tertiary/aromatic N) is 4. The number of amides is 2. The highest BCUT2D eigenvalue weighted by atomic mass is 16.2. The molecule has 2 amide bonds. The van der Waals surface area contributed by atoms with Gasteiger partial charge in [-0.15, -0.1) is 0 Å². The van der Waals surface area contributed by atoms with E-state index in [1.165, 1.54) is 19.3 Å². The Hall–Kier alpha value is -2.12. The van der Waals surface area contributed by atoms with Crippen LogP contribution >= 0.6 is 0 Å². The molecule has 0 radical (unpaired) electrons. The van der Waals surface area contributed by atoms with Crippen LogP contribution in [0.2, 0.25) is 0 Å². The summed E-state index contributed by atoms with van der Waals surface area (Å²) in [6.07, 6.45) is 7.61. The van der Waals surface area contributed by atoms with E-state index in [4.69, 9.17) is 0 Å². The summed E-state index contributed by atoms with van der Waals surface area (Å²) >= 11 is 0. The standard InChI is InChI=1S/C27H43N5O2/c1-29(2)16-17-30-18-20-32(21-19-30)27(34)24-10-6-7-11-25(24)31-14-12-23(13-15-31)28-26(33)22-8-4-3-5-9-22/h6-7,10-11,22-23H,3-5,8-9,12-21H2,1-2H3,(H,28,33). The summed E-state index contributed by atoms with van der Waals surface area (Å²) in [7, 11) is 4.20. The second kappa shape index (κ2) is 12.0. The summed E-state index contributed by atoms with van der Waals surface area (Å²) in [5.74, 6) is 0.627. The van der Waals surface area contributed by atoms with Gasteiger partial charge in [-0.25, -0.2) is 0 Å². The molecule has 1 aromatic rings. The molecule has 0 aromatic heterocycles. The predicted molar refractivity (Wildman–Crippen MR) is 137 cm³/mol. The number of likely N-dealkylation sites (N-methyl/N-ethyl adjacent to an activating group) is 1. The van der Waals surface area contributed by atoms with Crippen molar-refractivity contribution in [1.82, 2.24) is 20.0 Å². The van der Waals surface area contributed by atoms with Gasteiger partial charge in [0.1, 0.15) is 0 Å². The molecule has 0 bridgehead atoms. The van der Waals surface area contributed by atoms with Crippen molar-refractivity contribution in [3.8, 4) is 0 Å². The number of hydrogen-bond acceptors (Lipinski definition) is 5. The fraction of sp³-hybridized carbons (Fsp3) is 0.704. The Morgan fingerprint density at radius 2 is 1.59 bits per heavy atom. The van der Waals surface area contributed by atoms with Crippen LogP contribution in [0.3, 0.4) is 0 Å². The molecule has 7 nitrogen and oxygen atoms in total. The van der Waals surface area contributed by atoms with Crippen molar-refractivity contribution in [3.63, 3.8) is 0 Å². The summed E-state index contributed by atoms with van der Waals surface area (Å²) < 4.78 is 0. The van der Waals surface area contributed by atoms with Gasteiger partial charge >= 0.3 is 0 Å². The summed E-state index contributed by atoms with van der Waals surface area (Å²) in [5, 5.41) is 3.32. The minimum Gasteiger partial charge on any atom is -0.371 e. The van der Waals surface area contributed by atoms with Gasteiger partial charge in [-0.1, -0.05) is 31.4 Å². The highest BCUT2D eigenvalue weighted by Gasteiger charge is 2.29. The zero-order valence-corrected chi connectivity index (χ0v) is 21.2. The Morgan fingerprint density at radius 3 is 2.26 bits per heavy atom. The molecule has 34 heavy (non-hydrogen) atoms. The average molecular weight is 470 g/mol. The smallest absolute Gasteiger partial charge is 0.256 e. The van der Waals surface area contributed by atoms with Crippen LogP contribution in [0.15, 0.2) is 24.3 Å². The number of hydrogen-bond donors (Lipinski definition) is 1. The second-order valence-electron chi connectivity index (χ2n) is 10.6. The van der Waals surface area contributed by atoms with E-state index < -0.39 is 0 Å². The molecule has 3 aliphatic rings. The predicted octanol–water partition coefficient (Wildman–Crippen LogP) is 2.67. The first kappa shape index (κ1) is 25.0. The first-order chi connectivity index (χ1) is 16.5. The normalized spacial score (nSPS) is 21.1. The minimum atomic E-state index is 0.149. The van der Waals surface area contributed by atoms with Crippen LogP contribution in [-0.2, 0) is 4.79 Å². The molecule has 7 heteroatoms. The van der Waals surface area contributed by atoms with Gasteiger partial charge in [0.05, 0.1) is 5.56 Å². The lowest BCUT2D eigenvalue weighted by atomic mass is 9.88. The Labute approximate surface area is 205 Å². The first-order valence-corrected chi connectivity index (χ1v) is 13.3. The van der Waals surface area contributed by atoms with E-state index in [0.717, 1.165) is 89.3 Å². The maximum Gasteiger partial charge on any atom is 0.256 e. The van der Waals surface area contributed by atoms with Crippen molar-refractivity contribution in [2.75, 3.05) is 71.4 Å². The number of rotatable bonds is 7. The minimum absolute atomic E-state index is 0.149. The van der Waals surface area contributed by atoms with Crippen molar-refractivity contribution < 1.29 is 9.59 Å². The van der Waals surface area contributed by atoms with E-state index in [2.05, 4.69) is 40.2 Å². The molecule has 2 aliphatic heterocycles. The van der Waals surface area contributed by atoms with Gasteiger partial charge in [-0.05, 0) is 51.9 Å².